The van der Waals surface area contributed by atoms with Crippen LogP contribution in [0.15, 0.2) is 67.1 Å². The van der Waals surface area contributed by atoms with Crippen LogP contribution in [0.5, 0.6) is 0 Å². The number of halogens is 1. The molecule has 0 aliphatic carbocycles. The Morgan fingerprint density at radius 2 is 1.77 bits per heavy atom. The Morgan fingerprint density at radius 3 is 2.58 bits per heavy atom. The van der Waals surface area contributed by atoms with Gasteiger partial charge in [-0.25, -0.2) is 19.9 Å². The van der Waals surface area contributed by atoms with E-state index in [2.05, 4.69) is 25.3 Å². The molecule has 0 aliphatic heterocycles. The Balaban J connectivity index is 1.75. The van der Waals surface area contributed by atoms with Crippen molar-refractivity contribution in [3.63, 3.8) is 0 Å². The van der Waals surface area contributed by atoms with Crippen molar-refractivity contribution in [2.24, 2.45) is 0 Å². The van der Waals surface area contributed by atoms with Gasteiger partial charge in [0.05, 0.1) is 16.8 Å². The van der Waals surface area contributed by atoms with E-state index in [-0.39, 0.29) is 10.7 Å². The lowest BCUT2D eigenvalue weighted by Gasteiger charge is -2.09. The zero-order valence-corrected chi connectivity index (χ0v) is 14.2. The molecule has 0 aliphatic rings. The number of rotatable bonds is 3. The van der Waals surface area contributed by atoms with Crippen LogP contribution in [0.25, 0.3) is 22.3 Å². The minimum atomic E-state index is -0.407. The van der Waals surface area contributed by atoms with Crippen molar-refractivity contribution in [1.82, 2.24) is 19.9 Å². The summed E-state index contributed by atoms with van der Waals surface area (Å²) in [5.41, 5.74) is 3.13. The first kappa shape index (κ1) is 16.1. The fraction of sp³-hybridized carbons (Fsp3) is 0. The number of carbonyl (C=O) groups is 1. The van der Waals surface area contributed by atoms with Gasteiger partial charge >= 0.3 is 0 Å². The summed E-state index contributed by atoms with van der Waals surface area (Å²) in [7, 11) is 0. The van der Waals surface area contributed by atoms with Crippen LogP contribution < -0.4 is 5.32 Å². The van der Waals surface area contributed by atoms with Gasteiger partial charge in [0.15, 0.2) is 5.82 Å². The normalized spacial score (nSPS) is 10.7. The first-order chi connectivity index (χ1) is 12.7. The highest BCUT2D eigenvalue weighted by Crippen LogP contribution is 2.24. The van der Waals surface area contributed by atoms with Crippen LogP contribution in [0.1, 0.15) is 10.4 Å². The average molecular weight is 362 g/mol. The molecule has 26 heavy (non-hydrogen) atoms. The van der Waals surface area contributed by atoms with E-state index in [0.717, 1.165) is 11.3 Å². The minimum absolute atomic E-state index is 0.126. The van der Waals surface area contributed by atoms with E-state index in [1.807, 2.05) is 42.5 Å². The highest BCUT2D eigenvalue weighted by molar-refractivity contribution is 6.33. The van der Waals surface area contributed by atoms with Gasteiger partial charge in [0, 0.05) is 11.8 Å². The van der Waals surface area contributed by atoms with Crippen molar-refractivity contribution in [3.8, 4) is 11.3 Å². The van der Waals surface area contributed by atoms with E-state index >= 15 is 0 Å². The second-order valence-corrected chi connectivity index (χ2v) is 5.81. The molecule has 1 N–H and O–H groups in total. The molecule has 0 bridgehead atoms. The molecule has 3 heterocycles. The van der Waals surface area contributed by atoms with Gasteiger partial charge in [0.2, 0.25) is 0 Å². The van der Waals surface area contributed by atoms with Gasteiger partial charge in [0.25, 0.3) is 5.91 Å². The number of benzene rings is 1. The fourth-order valence-electron chi connectivity index (χ4n) is 2.53. The number of anilines is 1. The molecule has 126 valence electrons. The number of amides is 1. The molecule has 0 atom stereocenters. The molecule has 1 amide bonds. The van der Waals surface area contributed by atoms with E-state index < -0.39 is 5.91 Å². The maximum absolute atomic E-state index is 12.5. The lowest BCUT2D eigenvalue weighted by molar-refractivity contribution is 0.102. The quantitative estimate of drug-likeness (QED) is 0.558. The Bertz CT molecular complexity index is 1100. The molecule has 0 fully saturated rings. The molecule has 0 spiro atoms. The summed E-state index contributed by atoms with van der Waals surface area (Å²) in [5.74, 6) is -0.0901. The van der Waals surface area contributed by atoms with Gasteiger partial charge in [-0.1, -0.05) is 41.9 Å². The van der Waals surface area contributed by atoms with Crippen LogP contribution in [0.2, 0.25) is 5.15 Å². The van der Waals surface area contributed by atoms with Gasteiger partial charge in [-0.2, -0.15) is 0 Å². The number of fused-ring (bicyclic) bond motifs is 1. The molecule has 0 saturated heterocycles. The van der Waals surface area contributed by atoms with Crippen LogP contribution in [-0.2, 0) is 0 Å². The topological polar surface area (TPSA) is 80.7 Å². The predicted octanol–water partition coefficient (Wildman–Crippen LogP) is 3.99. The van der Waals surface area contributed by atoms with Crippen LogP contribution in [0.4, 0.5) is 5.82 Å². The molecule has 6 nitrogen and oxygen atoms in total. The standard InChI is InChI=1S/C19H12ClN5O/c20-17-13(7-4-10-21-17)19(26)25-18-16-15(22-11-23-18)9-8-14(24-16)12-5-2-1-3-6-12/h1-11H,(H,22,23,25,26). The first-order valence-electron chi connectivity index (χ1n) is 7.81. The molecule has 0 unspecified atom stereocenters. The smallest absolute Gasteiger partial charge is 0.260 e. The number of nitrogens with one attached hydrogen (secondary N) is 1. The lowest BCUT2D eigenvalue weighted by Crippen LogP contribution is -2.14. The maximum Gasteiger partial charge on any atom is 0.260 e. The molecule has 4 rings (SSSR count). The molecule has 4 aromatic rings. The first-order valence-corrected chi connectivity index (χ1v) is 8.19. The number of aromatic nitrogens is 4. The summed E-state index contributed by atoms with van der Waals surface area (Å²) >= 11 is 5.99. The third kappa shape index (κ3) is 3.10. The Hall–Kier alpha value is -3.38. The van der Waals surface area contributed by atoms with Crippen molar-refractivity contribution < 1.29 is 4.79 Å². The fourth-order valence-corrected chi connectivity index (χ4v) is 2.74. The summed E-state index contributed by atoms with van der Waals surface area (Å²) in [4.78, 5) is 29.4. The predicted molar refractivity (Wildman–Crippen MR) is 100.0 cm³/mol. The molecule has 0 saturated carbocycles. The minimum Gasteiger partial charge on any atom is -0.305 e. The summed E-state index contributed by atoms with van der Waals surface area (Å²) in [6, 6.07) is 16.7. The average Bonchev–Trinajstić information content (AvgIpc) is 2.69. The van der Waals surface area contributed by atoms with Gasteiger partial charge in [-0.05, 0) is 24.3 Å². The van der Waals surface area contributed by atoms with Crippen LogP contribution in [-0.4, -0.2) is 25.8 Å². The second-order valence-electron chi connectivity index (χ2n) is 5.45. The largest absolute Gasteiger partial charge is 0.305 e. The maximum atomic E-state index is 12.5. The van der Waals surface area contributed by atoms with Crippen molar-refractivity contribution >= 4 is 34.4 Å². The van der Waals surface area contributed by atoms with Gasteiger partial charge in [-0.15, -0.1) is 0 Å². The van der Waals surface area contributed by atoms with Crippen LogP contribution in [0, 0.1) is 0 Å². The van der Waals surface area contributed by atoms with Crippen molar-refractivity contribution in [2.45, 2.75) is 0 Å². The monoisotopic (exact) mass is 361 g/mol. The zero-order chi connectivity index (χ0) is 17.9. The molecule has 1 aromatic carbocycles. The van der Waals surface area contributed by atoms with Crippen molar-refractivity contribution in [2.75, 3.05) is 5.32 Å². The molecule has 0 radical (unpaired) electrons. The van der Waals surface area contributed by atoms with Gasteiger partial charge < -0.3 is 5.32 Å². The number of hydrogen-bond donors (Lipinski definition) is 1. The highest BCUT2D eigenvalue weighted by Gasteiger charge is 2.14. The summed E-state index contributed by atoms with van der Waals surface area (Å²) in [5, 5.41) is 2.87. The SMILES string of the molecule is O=C(Nc1ncnc2ccc(-c3ccccc3)nc12)c1cccnc1Cl. The van der Waals surface area contributed by atoms with Gasteiger partial charge in [0.1, 0.15) is 17.0 Å². The molecular weight excluding hydrogens is 350 g/mol. The van der Waals surface area contributed by atoms with Crippen molar-refractivity contribution in [1.29, 1.82) is 0 Å². The van der Waals surface area contributed by atoms with Crippen molar-refractivity contribution in [3.05, 3.63) is 77.8 Å². The lowest BCUT2D eigenvalue weighted by atomic mass is 10.1. The number of pyridine rings is 2. The Labute approximate surface area is 153 Å². The highest BCUT2D eigenvalue weighted by atomic mass is 35.5. The molecular formula is C19H12ClN5O. The number of nitrogens with zero attached hydrogens (tertiary/aromatic N) is 4. The number of hydrogen-bond acceptors (Lipinski definition) is 5. The van der Waals surface area contributed by atoms with Crippen LogP contribution in [0.3, 0.4) is 0 Å². The Morgan fingerprint density at radius 1 is 0.923 bits per heavy atom. The van der Waals surface area contributed by atoms with E-state index in [4.69, 9.17) is 11.6 Å². The summed E-state index contributed by atoms with van der Waals surface area (Å²) in [6.07, 6.45) is 2.90. The second kappa shape index (κ2) is 6.85. The van der Waals surface area contributed by atoms with E-state index in [0.29, 0.717) is 16.9 Å². The van der Waals surface area contributed by atoms with Gasteiger partial charge in [-0.3, -0.25) is 4.79 Å². The zero-order valence-electron chi connectivity index (χ0n) is 13.4. The molecule has 7 heteroatoms. The third-order valence-corrected chi connectivity index (χ3v) is 4.09. The summed E-state index contributed by atoms with van der Waals surface area (Å²) < 4.78 is 0. The molecule has 3 aromatic heterocycles. The van der Waals surface area contributed by atoms with E-state index in [1.165, 1.54) is 12.5 Å². The number of carbonyl (C=O) groups excluding carboxylic acids is 1. The Kier molecular flexibility index (Phi) is 4.25. The van der Waals surface area contributed by atoms with Crippen LogP contribution >= 0.6 is 11.6 Å². The van der Waals surface area contributed by atoms with E-state index in [9.17, 15) is 4.79 Å². The third-order valence-electron chi connectivity index (χ3n) is 3.79. The summed E-state index contributed by atoms with van der Waals surface area (Å²) in [6.45, 7) is 0. The van der Waals surface area contributed by atoms with E-state index in [1.54, 1.807) is 12.1 Å².